The molecule has 0 amide bonds. The van der Waals surface area contributed by atoms with Gasteiger partial charge < -0.3 is 15.4 Å². The second-order valence-corrected chi connectivity index (χ2v) is 6.96. The van der Waals surface area contributed by atoms with Crippen LogP contribution in [-0.4, -0.2) is 37.8 Å². The van der Waals surface area contributed by atoms with Crippen molar-refractivity contribution in [3.8, 4) is 0 Å². The summed E-state index contributed by atoms with van der Waals surface area (Å²) in [6, 6.07) is 0.557. The van der Waals surface area contributed by atoms with Gasteiger partial charge in [0.2, 0.25) is 0 Å². The summed E-state index contributed by atoms with van der Waals surface area (Å²) >= 11 is 0. The van der Waals surface area contributed by atoms with Crippen LogP contribution in [-0.2, 0) is 4.74 Å². The van der Waals surface area contributed by atoms with Crippen LogP contribution < -0.4 is 10.6 Å². The van der Waals surface area contributed by atoms with Crippen LogP contribution in [0.3, 0.4) is 0 Å². The van der Waals surface area contributed by atoms with Gasteiger partial charge in [0.25, 0.3) is 0 Å². The van der Waals surface area contributed by atoms with Gasteiger partial charge in [0, 0.05) is 31.2 Å². The Morgan fingerprint density at radius 1 is 1.29 bits per heavy atom. The second kappa shape index (κ2) is 6.55. The van der Waals surface area contributed by atoms with Crippen LogP contribution in [0, 0.1) is 11.3 Å². The van der Waals surface area contributed by atoms with Crippen LogP contribution in [0.2, 0.25) is 0 Å². The Hall–Kier alpha value is -0.770. The Labute approximate surface area is 129 Å². The Kier molecular flexibility index (Phi) is 4.72. The molecular formula is C17H31N3O. The highest BCUT2D eigenvalue weighted by molar-refractivity contribution is 5.80. The molecule has 2 atom stereocenters. The van der Waals surface area contributed by atoms with Crippen molar-refractivity contribution >= 4 is 5.96 Å². The van der Waals surface area contributed by atoms with Gasteiger partial charge in [0.1, 0.15) is 0 Å². The number of rotatable bonds is 7. The highest BCUT2D eigenvalue weighted by Crippen LogP contribution is 2.57. The third kappa shape index (κ3) is 3.20. The van der Waals surface area contributed by atoms with E-state index >= 15 is 0 Å². The minimum atomic E-state index is 0.405. The van der Waals surface area contributed by atoms with Crippen LogP contribution in [0.25, 0.3) is 0 Å². The average Bonchev–Trinajstić information content (AvgIpc) is 3.19. The fraction of sp³-hybridized carbons (Fsp3) is 0.941. The van der Waals surface area contributed by atoms with E-state index in [0.29, 0.717) is 17.6 Å². The molecule has 0 saturated heterocycles. The number of hydrogen-bond donors (Lipinski definition) is 2. The van der Waals surface area contributed by atoms with Crippen molar-refractivity contribution in [2.45, 2.75) is 70.9 Å². The molecule has 0 aromatic rings. The van der Waals surface area contributed by atoms with E-state index in [1.165, 1.54) is 38.5 Å². The molecule has 0 bridgehead atoms. The van der Waals surface area contributed by atoms with Crippen molar-refractivity contribution in [1.82, 2.24) is 10.6 Å². The Bertz CT molecular complexity index is 374. The molecule has 0 aromatic carbocycles. The molecule has 0 radical (unpaired) electrons. The van der Waals surface area contributed by atoms with Gasteiger partial charge in [0.05, 0.1) is 6.10 Å². The Morgan fingerprint density at radius 3 is 2.67 bits per heavy atom. The van der Waals surface area contributed by atoms with Gasteiger partial charge >= 0.3 is 0 Å². The van der Waals surface area contributed by atoms with Gasteiger partial charge in [-0.25, -0.2) is 0 Å². The van der Waals surface area contributed by atoms with Crippen LogP contribution in [0.15, 0.2) is 4.99 Å². The maximum Gasteiger partial charge on any atom is 0.191 e. The standard InChI is InChI=1S/C17H31N3O/c1-3-18-16(19-11-8-13-6-7-13)20-14-12-15(21-4-2)17(14)9-5-10-17/h13-15H,3-12H2,1-2H3,(H2,18,19,20). The van der Waals surface area contributed by atoms with Crippen molar-refractivity contribution in [3.63, 3.8) is 0 Å². The summed E-state index contributed by atoms with van der Waals surface area (Å²) in [6.07, 6.45) is 9.70. The minimum Gasteiger partial charge on any atom is -0.378 e. The quantitative estimate of drug-likeness (QED) is 0.560. The van der Waals surface area contributed by atoms with Crippen molar-refractivity contribution in [2.75, 3.05) is 19.7 Å². The first-order chi connectivity index (χ1) is 10.3. The van der Waals surface area contributed by atoms with Gasteiger partial charge in [-0.2, -0.15) is 0 Å². The first-order valence-corrected chi connectivity index (χ1v) is 8.95. The lowest BCUT2D eigenvalue weighted by Gasteiger charge is -2.61. The Morgan fingerprint density at radius 2 is 2.10 bits per heavy atom. The van der Waals surface area contributed by atoms with Gasteiger partial charge in [-0.05, 0) is 45.4 Å². The topological polar surface area (TPSA) is 45.7 Å². The van der Waals surface area contributed by atoms with Crippen molar-refractivity contribution in [1.29, 1.82) is 0 Å². The molecule has 4 nitrogen and oxygen atoms in total. The van der Waals surface area contributed by atoms with Crippen LogP contribution in [0.1, 0.15) is 58.8 Å². The molecule has 4 heteroatoms. The van der Waals surface area contributed by atoms with E-state index in [1.807, 2.05) is 0 Å². The maximum absolute atomic E-state index is 5.93. The lowest BCUT2D eigenvalue weighted by Crippen LogP contribution is -2.68. The van der Waals surface area contributed by atoms with E-state index < -0.39 is 0 Å². The fourth-order valence-corrected chi connectivity index (χ4v) is 3.89. The molecule has 1 spiro atoms. The van der Waals surface area contributed by atoms with E-state index in [2.05, 4.69) is 24.5 Å². The first-order valence-electron chi connectivity index (χ1n) is 8.95. The third-order valence-corrected chi connectivity index (χ3v) is 5.60. The number of aliphatic imine (C=N–C) groups is 1. The van der Waals surface area contributed by atoms with E-state index in [-0.39, 0.29) is 0 Å². The fourth-order valence-electron chi connectivity index (χ4n) is 3.89. The maximum atomic E-state index is 5.93. The summed E-state index contributed by atoms with van der Waals surface area (Å²) in [5, 5.41) is 7.10. The molecule has 3 fully saturated rings. The average molecular weight is 293 g/mol. The van der Waals surface area contributed by atoms with E-state index in [9.17, 15) is 0 Å². The molecule has 120 valence electrons. The molecule has 3 aliphatic carbocycles. The van der Waals surface area contributed by atoms with Crippen LogP contribution in [0.5, 0.6) is 0 Å². The normalized spacial score (nSPS) is 30.7. The van der Waals surface area contributed by atoms with Crippen LogP contribution >= 0.6 is 0 Å². The van der Waals surface area contributed by atoms with E-state index in [4.69, 9.17) is 9.73 Å². The lowest BCUT2D eigenvalue weighted by atomic mass is 9.51. The van der Waals surface area contributed by atoms with Crippen molar-refractivity contribution in [2.24, 2.45) is 16.3 Å². The third-order valence-electron chi connectivity index (χ3n) is 5.60. The molecule has 0 aliphatic heterocycles. The summed E-state index contributed by atoms with van der Waals surface area (Å²) in [7, 11) is 0. The summed E-state index contributed by atoms with van der Waals surface area (Å²) in [5.41, 5.74) is 0.405. The smallest absolute Gasteiger partial charge is 0.191 e. The Balaban J connectivity index is 1.52. The summed E-state index contributed by atoms with van der Waals surface area (Å²) in [4.78, 5) is 4.76. The summed E-state index contributed by atoms with van der Waals surface area (Å²) in [5.74, 6) is 1.98. The van der Waals surface area contributed by atoms with E-state index in [1.54, 1.807) is 0 Å². The van der Waals surface area contributed by atoms with Gasteiger partial charge in [-0.1, -0.05) is 19.3 Å². The SMILES string of the molecule is CCNC(=NCCC1CC1)NC1CC(OCC)C12CCC2. The van der Waals surface area contributed by atoms with Crippen LogP contribution in [0.4, 0.5) is 0 Å². The van der Waals surface area contributed by atoms with Gasteiger partial charge in [0.15, 0.2) is 5.96 Å². The summed E-state index contributed by atoms with van der Waals surface area (Å²) < 4.78 is 5.93. The van der Waals surface area contributed by atoms with Crippen molar-refractivity contribution < 1.29 is 4.74 Å². The molecule has 21 heavy (non-hydrogen) atoms. The number of nitrogens with zero attached hydrogens (tertiary/aromatic N) is 1. The highest BCUT2D eigenvalue weighted by Gasteiger charge is 2.59. The van der Waals surface area contributed by atoms with E-state index in [0.717, 1.165) is 38.0 Å². The minimum absolute atomic E-state index is 0.405. The molecule has 2 unspecified atom stereocenters. The second-order valence-electron chi connectivity index (χ2n) is 6.96. The first kappa shape index (κ1) is 15.1. The predicted molar refractivity (Wildman–Crippen MR) is 86.6 cm³/mol. The number of nitrogens with one attached hydrogen (secondary N) is 2. The number of hydrogen-bond acceptors (Lipinski definition) is 2. The monoisotopic (exact) mass is 293 g/mol. The van der Waals surface area contributed by atoms with Crippen molar-refractivity contribution in [3.05, 3.63) is 0 Å². The summed E-state index contributed by atoms with van der Waals surface area (Å²) in [6.45, 7) is 6.99. The predicted octanol–water partition coefficient (Wildman–Crippen LogP) is 2.69. The van der Waals surface area contributed by atoms with Gasteiger partial charge in [-0.15, -0.1) is 0 Å². The molecule has 0 heterocycles. The molecular weight excluding hydrogens is 262 g/mol. The lowest BCUT2D eigenvalue weighted by molar-refractivity contribution is -0.168. The molecule has 3 saturated carbocycles. The molecule has 0 aromatic heterocycles. The zero-order valence-electron chi connectivity index (χ0n) is 13.7. The highest BCUT2D eigenvalue weighted by atomic mass is 16.5. The molecule has 3 rings (SSSR count). The molecule has 3 aliphatic rings. The number of ether oxygens (including phenoxy) is 1. The largest absolute Gasteiger partial charge is 0.378 e. The molecule has 2 N–H and O–H groups in total. The number of guanidine groups is 1. The zero-order valence-corrected chi connectivity index (χ0v) is 13.7. The zero-order chi connectivity index (χ0) is 14.7. The van der Waals surface area contributed by atoms with Gasteiger partial charge in [-0.3, -0.25) is 4.99 Å².